The van der Waals surface area contributed by atoms with Crippen molar-refractivity contribution in [3.8, 4) is 0 Å². The fourth-order valence-corrected chi connectivity index (χ4v) is 2.17. The summed E-state index contributed by atoms with van der Waals surface area (Å²) in [5.74, 6) is -0.348. The molecule has 1 aliphatic heterocycles. The largest absolute Gasteiger partial charge is 0.323 e. The molecule has 1 fully saturated rings. The molecule has 19 heavy (non-hydrogen) atoms. The normalized spacial score (nSPS) is 18.6. The predicted molar refractivity (Wildman–Crippen MR) is 76.3 cm³/mol. The molecule has 1 aromatic rings. The van der Waals surface area contributed by atoms with Crippen LogP contribution in [0.4, 0.5) is 14.9 Å². The zero-order valence-corrected chi connectivity index (χ0v) is 11.7. The van der Waals surface area contributed by atoms with Crippen LogP contribution in [-0.2, 0) is 0 Å². The van der Waals surface area contributed by atoms with Crippen LogP contribution < -0.4 is 10.6 Å². The van der Waals surface area contributed by atoms with E-state index in [1.54, 1.807) is 17.0 Å². The molecule has 0 radical (unpaired) electrons. The summed E-state index contributed by atoms with van der Waals surface area (Å²) in [5.41, 5.74) is 0.492. The molecule has 2 N–H and O–H groups in total. The third-order valence-corrected chi connectivity index (χ3v) is 3.19. The van der Waals surface area contributed by atoms with Crippen LogP contribution >= 0.6 is 12.4 Å². The molecule has 6 heteroatoms. The van der Waals surface area contributed by atoms with Gasteiger partial charge >= 0.3 is 6.03 Å². The van der Waals surface area contributed by atoms with E-state index in [4.69, 9.17) is 0 Å². The van der Waals surface area contributed by atoms with E-state index >= 15 is 0 Å². The molecular weight excluding hydrogens is 269 g/mol. The van der Waals surface area contributed by atoms with Gasteiger partial charge in [-0.1, -0.05) is 6.07 Å². The Morgan fingerprint density at radius 2 is 2.26 bits per heavy atom. The summed E-state index contributed by atoms with van der Waals surface area (Å²) >= 11 is 0. The average Bonchev–Trinajstić information content (AvgIpc) is 2.39. The van der Waals surface area contributed by atoms with E-state index in [2.05, 4.69) is 10.6 Å². The van der Waals surface area contributed by atoms with E-state index < -0.39 is 0 Å². The number of nitrogens with zero attached hydrogens (tertiary/aromatic N) is 1. The Kier molecular flexibility index (Phi) is 6.05. The van der Waals surface area contributed by atoms with Gasteiger partial charge in [-0.25, -0.2) is 9.18 Å². The lowest BCUT2D eigenvalue weighted by molar-refractivity contribution is 0.187. The maximum atomic E-state index is 13.0. The van der Waals surface area contributed by atoms with Crippen LogP contribution in [-0.4, -0.2) is 37.1 Å². The number of hydrogen-bond donors (Lipinski definition) is 2. The Labute approximate surface area is 118 Å². The highest BCUT2D eigenvalue weighted by Crippen LogP contribution is 2.13. The van der Waals surface area contributed by atoms with Crippen molar-refractivity contribution < 1.29 is 9.18 Å². The Balaban J connectivity index is 0.00000180. The van der Waals surface area contributed by atoms with E-state index in [1.165, 1.54) is 12.1 Å². The summed E-state index contributed by atoms with van der Waals surface area (Å²) in [6.45, 7) is 1.44. The molecule has 2 rings (SSSR count). The summed E-state index contributed by atoms with van der Waals surface area (Å²) < 4.78 is 13.0. The molecule has 2 amide bonds. The molecule has 0 spiro atoms. The van der Waals surface area contributed by atoms with Gasteiger partial charge in [0.2, 0.25) is 0 Å². The SMILES string of the molecule is CN[C@H]1CCCN(C(=O)Nc2cccc(F)c2)C1.Cl. The number of likely N-dealkylation sites (tertiary alicyclic amines) is 1. The molecule has 1 atom stereocenters. The topological polar surface area (TPSA) is 44.4 Å². The first-order chi connectivity index (χ1) is 8.69. The average molecular weight is 288 g/mol. The number of hydrogen-bond acceptors (Lipinski definition) is 2. The molecular formula is C13H19ClFN3O. The minimum atomic E-state index is -0.348. The van der Waals surface area contributed by atoms with E-state index in [0.717, 1.165) is 19.4 Å². The minimum absolute atomic E-state index is 0. The summed E-state index contributed by atoms with van der Waals surface area (Å²) in [6.07, 6.45) is 2.07. The number of carbonyl (C=O) groups excluding carboxylic acids is 1. The second-order valence-electron chi connectivity index (χ2n) is 4.51. The first-order valence-electron chi connectivity index (χ1n) is 6.18. The van der Waals surface area contributed by atoms with Crippen LogP contribution in [0.2, 0.25) is 0 Å². The molecule has 0 aliphatic carbocycles. The van der Waals surface area contributed by atoms with Crippen LogP contribution in [0.1, 0.15) is 12.8 Å². The highest BCUT2D eigenvalue weighted by molar-refractivity contribution is 5.89. The highest BCUT2D eigenvalue weighted by atomic mass is 35.5. The monoisotopic (exact) mass is 287 g/mol. The Bertz CT molecular complexity index is 430. The predicted octanol–water partition coefficient (Wildman–Crippen LogP) is 2.46. The summed E-state index contributed by atoms with van der Waals surface area (Å²) in [7, 11) is 1.90. The van der Waals surface area contributed by atoms with Gasteiger partial charge in [0.1, 0.15) is 5.82 Å². The fourth-order valence-electron chi connectivity index (χ4n) is 2.17. The van der Waals surface area contributed by atoms with Crippen molar-refractivity contribution in [2.24, 2.45) is 0 Å². The lowest BCUT2D eigenvalue weighted by atomic mass is 10.1. The molecule has 0 unspecified atom stereocenters. The Morgan fingerprint density at radius 3 is 2.95 bits per heavy atom. The number of piperidine rings is 1. The van der Waals surface area contributed by atoms with Crippen LogP contribution in [0.15, 0.2) is 24.3 Å². The van der Waals surface area contributed by atoms with Crippen LogP contribution in [0.25, 0.3) is 0 Å². The molecule has 0 bridgehead atoms. The Hall–Kier alpha value is -1.33. The zero-order valence-electron chi connectivity index (χ0n) is 10.9. The van der Waals surface area contributed by atoms with Gasteiger partial charge in [0.15, 0.2) is 0 Å². The smallest absolute Gasteiger partial charge is 0.321 e. The fraction of sp³-hybridized carbons (Fsp3) is 0.462. The first-order valence-corrected chi connectivity index (χ1v) is 6.18. The van der Waals surface area contributed by atoms with Gasteiger partial charge in [-0.3, -0.25) is 0 Å². The number of amides is 2. The van der Waals surface area contributed by atoms with E-state index in [0.29, 0.717) is 18.3 Å². The maximum Gasteiger partial charge on any atom is 0.321 e. The van der Waals surface area contributed by atoms with Gasteiger partial charge in [-0.15, -0.1) is 12.4 Å². The van der Waals surface area contributed by atoms with Crippen molar-refractivity contribution in [1.82, 2.24) is 10.2 Å². The molecule has 0 aromatic heterocycles. The number of benzene rings is 1. The third-order valence-electron chi connectivity index (χ3n) is 3.19. The zero-order chi connectivity index (χ0) is 13.0. The highest BCUT2D eigenvalue weighted by Gasteiger charge is 2.22. The van der Waals surface area contributed by atoms with Crippen molar-refractivity contribution in [3.63, 3.8) is 0 Å². The van der Waals surface area contributed by atoms with Gasteiger partial charge in [-0.05, 0) is 38.1 Å². The van der Waals surface area contributed by atoms with Gasteiger partial charge in [0.05, 0.1) is 0 Å². The summed E-state index contributed by atoms with van der Waals surface area (Å²) in [4.78, 5) is 13.8. The number of carbonyl (C=O) groups is 1. The van der Waals surface area contributed by atoms with E-state index in [1.807, 2.05) is 7.05 Å². The molecule has 1 aromatic carbocycles. The molecule has 1 aliphatic rings. The van der Waals surface area contributed by atoms with Crippen LogP contribution in [0, 0.1) is 5.82 Å². The standard InChI is InChI=1S/C13H18FN3O.ClH/c1-15-12-6-3-7-17(9-12)13(18)16-11-5-2-4-10(14)8-11;/h2,4-5,8,12,15H,3,6-7,9H2,1H3,(H,16,18);1H/t12-;/m0./s1. The van der Waals surface area contributed by atoms with E-state index in [-0.39, 0.29) is 24.3 Å². The number of urea groups is 1. The van der Waals surface area contributed by atoms with Gasteiger partial charge in [-0.2, -0.15) is 0 Å². The number of likely N-dealkylation sites (N-methyl/N-ethyl adjacent to an activating group) is 1. The number of nitrogens with one attached hydrogen (secondary N) is 2. The van der Waals surface area contributed by atoms with Gasteiger partial charge < -0.3 is 15.5 Å². The number of halogens is 2. The van der Waals surface area contributed by atoms with Crippen LogP contribution in [0.3, 0.4) is 0 Å². The molecule has 1 saturated heterocycles. The van der Waals surface area contributed by atoms with Crippen molar-refractivity contribution in [2.75, 3.05) is 25.5 Å². The van der Waals surface area contributed by atoms with Crippen molar-refractivity contribution in [1.29, 1.82) is 0 Å². The second kappa shape index (κ2) is 7.31. The minimum Gasteiger partial charge on any atom is -0.323 e. The third kappa shape index (κ3) is 4.36. The lowest BCUT2D eigenvalue weighted by Crippen LogP contribution is -2.48. The lowest BCUT2D eigenvalue weighted by Gasteiger charge is -2.32. The van der Waals surface area contributed by atoms with Gasteiger partial charge in [0, 0.05) is 24.8 Å². The maximum absolute atomic E-state index is 13.0. The second-order valence-corrected chi connectivity index (χ2v) is 4.51. The van der Waals surface area contributed by atoms with E-state index in [9.17, 15) is 9.18 Å². The number of anilines is 1. The molecule has 106 valence electrons. The van der Waals surface area contributed by atoms with Crippen molar-refractivity contribution >= 4 is 24.1 Å². The number of rotatable bonds is 2. The van der Waals surface area contributed by atoms with Gasteiger partial charge in [0.25, 0.3) is 0 Å². The molecule has 1 heterocycles. The molecule has 0 saturated carbocycles. The summed E-state index contributed by atoms with van der Waals surface area (Å²) in [6, 6.07) is 6.11. The quantitative estimate of drug-likeness (QED) is 0.878. The Morgan fingerprint density at radius 1 is 1.47 bits per heavy atom. The molecule has 4 nitrogen and oxygen atoms in total. The first kappa shape index (κ1) is 15.7. The van der Waals surface area contributed by atoms with Crippen LogP contribution in [0.5, 0.6) is 0 Å². The van der Waals surface area contributed by atoms with Crippen molar-refractivity contribution in [2.45, 2.75) is 18.9 Å². The summed E-state index contributed by atoms with van der Waals surface area (Å²) in [5, 5.41) is 5.90. The van der Waals surface area contributed by atoms with Crippen molar-refractivity contribution in [3.05, 3.63) is 30.1 Å².